The molecule has 0 saturated carbocycles. The van der Waals surface area contributed by atoms with E-state index in [0.717, 1.165) is 6.07 Å². The second kappa shape index (κ2) is 6.23. The molecular formula is C12H16F3NO3. The molecule has 0 aliphatic rings. The molecule has 19 heavy (non-hydrogen) atoms. The average Bonchev–Trinajstić information content (AvgIpc) is 2.37. The number of rotatable bonds is 6. The summed E-state index contributed by atoms with van der Waals surface area (Å²) < 4.78 is 48.8. The molecule has 0 aliphatic carbocycles. The summed E-state index contributed by atoms with van der Waals surface area (Å²) in [5, 5.41) is 9.80. The van der Waals surface area contributed by atoms with Gasteiger partial charge in [0, 0.05) is 19.2 Å². The Morgan fingerprint density at radius 3 is 2.37 bits per heavy atom. The first kappa shape index (κ1) is 15.7. The van der Waals surface area contributed by atoms with Crippen molar-refractivity contribution in [1.82, 2.24) is 0 Å². The largest absolute Gasteiger partial charge is 0.491 e. The van der Waals surface area contributed by atoms with Gasteiger partial charge in [0.05, 0.1) is 6.61 Å². The molecule has 0 aliphatic heterocycles. The van der Waals surface area contributed by atoms with Gasteiger partial charge in [0.15, 0.2) is 0 Å². The third-order valence-corrected chi connectivity index (χ3v) is 2.64. The highest BCUT2D eigenvalue weighted by atomic mass is 19.4. The van der Waals surface area contributed by atoms with Gasteiger partial charge in [-0.25, -0.2) is 0 Å². The quantitative estimate of drug-likeness (QED) is 0.773. The first-order valence-electron chi connectivity index (χ1n) is 5.57. The highest BCUT2D eigenvalue weighted by molar-refractivity contribution is 5.39. The Hall–Kier alpha value is -1.31. The molecule has 1 atom stereocenters. The molecule has 0 spiro atoms. The molecule has 0 radical (unpaired) electrons. The minimum absolute atomic E-state index is 0.0650. The zero-order valence-corrected chi connectivity index (χ0v) is 10.4. The Morgan fingerprint density at radius 1 is 1.21 bits per heavy atom. The molecule has 0 bridgehead atoms. The van der Waals surface area contributed by atoms with Gasteiger partial charge >= 0.3 is 6.18 Å². The van der Waals surface area contributed by atoms with E-state index in [2.05, 4.69) is 0 Å². The SMILES string of the molecule is COCCOc1ccccc1C(O)(CN)C(F)(F)F. The standard InChI is InChI=1S/C12H16F3NO3/c1-18-6-7-19-10-5-3-2-4-9(10)11(17,8-16)12(13,14)15/h2-5,17H,6-8,16H2,1H3. The summed E-state index contributed by atoms with van der Waals surface area (Å²) in [7, 11) is 1.45. The molecule has 0 saturated heterocycles. The first-order chi connectivity index (χ1) is 8.86. The summed E-state index contributed by atoms with van der Waals surface area (Å²) in [6.45, 7) is -0.686. The molecule has 0 fully saturated rings. The van der Waals surface area contributed by atoms with E-state index in [1.165, 1.54) is 25.3 Å². The van der Waals surface area contributed by atoms with Crippen LogP contribution >= 0.6 is 0 Å². The van der Waals surface area contributed by atoms with Crippen molar-refractivity contribution in [3.8, 4) is 5.75 Å². The fraction of sp³-hybridized carbons (Fsp3) is 0.500. The van der Waals surface area contributed by atoms with Gasteiger partial charge in [-0.3, -0.25) is 0 Å². The summed E-state index contributed by atoms with van der Waals surface area (Å²) in [5.74, 6) is -0.0650. The summed E-state index contributed by atoms with van der Waals surface area (Å²) in [5.41, 5.74) is 1.57. The molecule has 4 nitrogen and oxygen atoms in total. The van der Waals surface area contributed by atoms with Crippen LogP contribution in [0.25, 0.3) is 0 Å². The predicted molar refractivity (Wildman–Crippen MR) is 62.8 cm³/mol. The normalized spacial score (nSPS) is 15.1. The molecule has 0 aromatic heterocycles. The van der Waals surface area contributed by atoms with Gasteiger partial charge in [-0.2, -0.15) is 13.2 Å². The van der Waals surface area contributed by atoms with Crippen molar-refractivity contribution in [2.24, 2.45) is 5.73 Å². The van der Waals surface area contributed by atoms with Crippen molar-refractivity contribution in [2.75, 3.05) is 26.9 Å². The summed E-state index contributed by atoms with van der Waals surface area (Å²) in [6, 6.07) is 5.38. The van der Waals surface area contributed by atoms with E-state index in [0.29, 0.717) is 0 Å². The van der Waals surface area contributed by atoms with Gasteiger partial charge in [-0.15, -0.1) is 0 Å². The zero-order valence-electron chi connectivity index (χ0n) is 10.4. The smallest absolute Gasteiger partial charge is 0.422 e. The van der Waals surface area contributed by atoms with Crippen molar-refractivity contribution < 1.29 is 27.8 Å². The number of benzene rings is 1. The molecule has 0 amide bonds. The Morgan fingerprint density at radius 2 is 1.84 bits per heavy atom. The van der Waals surface area contributed by atoms with Crippen LogP contribution < -0.4 is 10.5 Å². The number of hydrogen-bond acceptors (Lipinski definition) is 4. The van der Waals surface area contributed by atoms with Crippen LogP contribution in [0.4, 0.5) is 13.2 Å². The van der Waals surface area contributed by atoms with Gasteiger partial charge in [-0.1, -0.05) is 18.2 Å². The van der Waals surface area contributed by atoms with Gasteiger partial charge < -0.3 is 20.3 Å². The third kappa shape index (κ3) is 3.37. The van der Waals surface area contributed by atoms with Gasteiger partial charge in [0.1, 0.15) is 12.4 Å². The molecule has 108 valence electrons. The van der Waals surface area contributed by atoms with Gasteiger partial charge in [0.25, 0.3) is 0 Å². The number of methoxy groups -OCH3 is 1. The lowest BCUT2D eigenvalue weighted by atomic mass is 9.92. The second-order valence-corrected chi connectivity index (χ2v) is 3.90. The van der Waals surface area contributed by atoms with Crippen LogP contribution in [0.5, 0.6) is 5.75 Å². The van der Waals surface area contributed by atoms with Crippen LogP contribution in [0.15, 0.2) is 24.3 Å². The topological polar surface area (TPSA) is 64.7 Å². The van der Waals surface area contributed by atoms with Crippen molar-refractivity contribution in [2.45, 2.75) is 11.8 Å². The van der Waals surface area contributed by atoms with Crippen molar-refractivity contribution in [1.29, 1.82) is 0 Å². The Labute approximate surface area is 108 Å². The van der Waals surface area contributed by atoms with Crippen LogP contribution in [0.1, 0.15) is 5.56 Å². The molecule has 1 rings (SSSR count). The lowest BCUT2D eigenvalue weighted by molar-refractivity contribution is -0.262. The minimum Gasteiger partial charge on any atom is -0.491 e. The Balaban J connectivity index is 3.10. The molecule has 1 unspecified atom stereocenters. The van der Waals surface area contributed by atoms with E-state index in [9.17, 15) is 18.3 Å². The van der Waals surface area contributed by atoms with Crippen molar-refractivity contribution in [3.63, 3.8) is 0 Å². The molecule has 7 heteroatoms. The van der Waals surface area contributed by atoms with Crippen LogP contribution in [-0.4, -0.2) is 38.2 Å². The Bertz CT molecular complexity index is 411. The number of alkyl halides is 3. The number of para-hydroxylation sites is 1. The second-order valence-electron chi connectivity index (χ2n) is 3.90. The van der Waals surface area contributed by atoms with Gasteiger partial charge in [-0.05, 0) is 6.07 Å². The van der Waals surface area contributed by atoms with Gasteiger partial charge in [0.2, 0.25) is 5.60 Å². The molecule has 1 aromatic carbocycles. The summed E-state index contributed by atoms with van der Waals surface area (Å²) in [4.78, 5) is 0. The van der Waals surface area contributed by atoms with Crippen molar-refractivity contribution in [3.05, 3.63) is 29.8 Å². The number of hydrogen-bond donors (Lipinski definition) is 2. The monoisotopic (exact) mass is 279 g/mol. The van der Waals surface area contributed by atoms with E-state index in [4.69, 9.17) is 15.2 Å². The maximum Gasteiger partial charge on any atom is 0.422 e. The number of nitrogens with two attached hydrogens (primary N) is 1. The fourth-order valence-corrected chi connectivity index (χ4v) is 1.55. The lowest BCUT2D eigenvalue weighted by Gasteiger charge is -2.30. The van der Waals surface area contributed by atoms with E-state index in [1.54, 1.807) is 0 Å². The van der Waals surface area contributed by atoms with Crippen LogP contribution in [0.3, 0.4) is 0 Å². The highest BCUT2D eigenvalue weighted by Gasteiger charge is 2.55. The Kier molecular flexibility index (Phi) is 5.16. The predicted octanol–water partition coefficient (Wildman–Crippen LogP) is 1.42. The maximum absolute atomic E-state index is 12.9. The van der Waals surface area contributed by atoms with E-state index in [-0.39, 0.29) is 19.0 Å². The molecular weight excluding hydrogens is 263 g/mol. The number of aliphatic hydroxyl groups is 1. The molecule has 1 aromatic rings. The van der Waals surface area contributed by atoms with Crippen LogP contribution in [-0.2, 0) is 10.3 Å². The van der Waals surface area contributed by atoms with Crippen LogP contribution in [0, 0.1) is 0 Å². The van der Waals surface area contributed by atoms with Crippen molar-refractivity contribution >= 4 is 0 Å². The number of halogens is 3. The summed E-state index contributed by atoms with van der Waals surface area (Å²) in [6.07, 6.45) is -4.89. The van der Waals surface area contributed by atoms with E-state index in [1.807, 2.05) is 0 Å². The van der Waals surface area contributed by atoms with E-state index >= 15 is 0 Å². The average molecular weight is 279 g/mol. The molecule has 3 N–H and O–H groups in total. The zero-order chi connectivity index (χ0) is 14.5. The maximum atomic E-state index is 12.9. The first-order valence-corrected chi connectivity index (χ1v) is 5.57. The number of ether oxygens (including phenoxy) is 2. The molecule has 0 heterocycles. The fourth-order valence-electron chi connectivity index (χ4n) is 1.55. The van der Waals surface area contributed by atoms with E-state index < -0.39 is 23.9 Å². The highest BCUT2D eigenvalue weighted by Crippen LogP contribution is 2.41. The lowest BCUT2D eigenvalue weighted by Crippen LogP contribution is -2.48. The minimum atomic E-state index is -4.89. The third-order valence-electron chi connectivity index (χ3n) is 2.64. The summed E-state index contributed by atoms with van der Waals surface area (Å²) >= 11 is 0. The van der Waals surface area contributed by atoms with Crippen LogP contribution in [0.2, 0.25) is 0 Å².